The van der Waals surface area contributed by atoms with E-state index in [-0.39, 0.29) is 5.54 Å². The summed E-state index contributed by atoms with van der Waals surface area (Å²) < 4.78 is 2.11. The Morgan fingerprint density at radius 3 is 2.74 bits per heavy atom. The lowest BCUT2D eigenvalue weighted by Gasteiger charge is -2.35. The molecule has 0 spiro atoms. The van der Waals surface area contributed by atoms with Crippen molar-refractivity contribution in [3.8, 4) is 0 Å². The molecule has 102 valence electrons. The third kappa shape index (κ3) is 2.15. The van der Waals surface area contributed by atoms with Crippen LogP contribution in [-0.2, 0) is 12.6 Å². The fourth-order valence-corrected chi connectivity index (χ4v) is 3.28. The van der Waals surface area contributed by atoms with Gasteiger partial charge in [-0.3, -0.25) is 0 Å². The van der Waals surface area contributed by atoms with Crippen molar-refractivity contribution >= 4 is 22.6 Å². The van der Waals surface area contributed by atoms with E-state index >= 15 is 0 Å². The van der Waals surface area contributed by atoms with E-state index in [9.17, 15) is 0 Å². The molecule has 1 fully saturated rings. The number of hydrogen-bond acceptors (Lipinski definition) is 2. The molecule has 1 aromatic carbocycles. The maximum atomic E-state index is 6.63. The highest BCUT2D eigenvalue weighted by Crippen LogP contribution is 2.37. The van der Waals surface area contributed by atoms with Crippen molar-refractivity contribution in [1.82, 2.24) is 9.55 Å². The van der Waals surface area contributed by atoms with Crippen molar-refractivity contribution in [2.24, 2.45) is 18.7 Å². The first kappa shape index (κ1) is 12.9. The van der Waals surface area contributed by atoms with E-state index in [1.54, 1.807) is 0 Å². The number of fused-ring (bicyclic) bond motifs is 1. The standard InChI is InChI=1S/C15H20ClN3/c1-10-5-7-15(17,8-6-10)14-18-12-4-3-11(16)9-13(12)19(14)2/h3-4,9-10H,5-8,17H2,1-2H3. The molecule has 1 aliphatic carbocycles. The smallest absolute Gasteiger partial charge is 0.129 e. The van der Waals surface area contributed by atoms with Crippen molar-refractivity contribution in [2.45, 2.75) is 38.1 Å². The van der Waals surface area contributed by atoms with E-state index < -0.39 is 0 Å². The zero-order chi connectivity index (χ0) is 13.6. The summed E-state index contributed by atoms with van der Waals surface area (Å²) in [5.41, 5.74) is 8.38. The molecule has 1 saturated carbocycles. The van der Waals surface area contributed by atoms with Crippen LogP contribution in [0.4, 0.5) is 0 Å². The van der Waals surface area contributed by atoms with Crippen LogP contribution in [0.3, 0.4) is 0 Å². The monoisotopic (exact) mass is 277 g/mol. The molecule has 1 aromatic heterocycles. The van der Waals surface area contributed by atoms with Crippen molar-refractivity contribution in [3.63, 3.8) is 0 Å². The average molecular weight is 278 g/mol. The normalized spacial score (nSPS) is 27.9. The number of nitrogens with zero attached hydrogens (tertiary/aromatic N) is 2. The van der Waals surface area contributed by atoms with Crippen LogP contribution < -0.4 is 5.73 Å². The second kappa shape index (κ2) is 4.50. The average Bonchev–Trinajstić information content (AvgIpc) is 2.72. The zero-order valence-electron chi connectivity index (χ0n) is 11.5. The fourth-order valence-electron chi connectivity index (χ4n) is 3.11. The summed E-state index contributed by atoms with van der Waals surface area (Å²) in [6.07, 6.45) is 4.39. The van der Waals surface area contributed by atoms with Crippen LogP contribution in [0.15, 0.2) is 18.2 Å². The number of nitrogens with two attached hydrogens (primary N) is 1. The molecule has 0 amide bonds. The molecular formula is C15H20ClN3. The number of aromatic nitrogens is 2. The number of benzene rings is 1. The first-order chi connectivity index (χ1) is 8.99. The van der Waals surface area contributed by atoms with Crippen molar-refractivity contribution in [2.75, 3.05) is 0 Å². The molecule has 19 heavy (non-hydrogen) atoms. The molecule has 0 radical (unpaired) electrons. The summed E-state index contributed by atoms with van der Waals surface area (Å²) >= 11 is 6.07. The van der Waals surface area contributed by atoms with Gasteiger partial charge in [0.15, 0.2) is 0 Å². The number of rotatable bonds is 1. The van der Waals surface area contributed by atoms with Crippen molar-refractivity contribution in [3.05, 3.63) is 29.0 Å². The van der Waals surface area contributed by atoms with Crippen LogP contribution >= 0.6 is 11.6 Å². The quantitative estimate of drug-likeness (QED) is 0.866. The number of hydrogen-bond donors (Lipinski definition) is 1. The van der Waals surface area contributed by atoms with Gasteiger partial charge in [-0.25, -0.2) is 4.98 Å². The van der Waals surface area contributed by atoms with Gasteiger partial charge in [-0.2, -0.15) is 0 Å². The third-order valence-corrected chi connectivity index (χ3v) is 4.69. The van der Waals surface area contributed by atoms with E-state index in [0.717, 1.165) is 40.6 Å². The van der Waals surface area contributed by atoms with E-state index in [1.807, 2.05) is 25.2 Å². The predicted octanol–water partition coefficient (Wildman–Crippen LogP) is 3.59. The molecule has 1 aliphatic rings. The molecule has 0 unspecified atom stereocenters. The molecule has 2 N–H and O–H groups in total. The Balaban J connectivity index is 2.07. The van der Waals surface area contributed by atoms with Crippen molar-refractivity contribution in [1.29, 1.82) is 0 Å². The van der Waals surface area contributed by atoms with Gasteiger partial charge in [0.25, 0.3) is 0 Å². The van der Waals surface area contributed by atoms with Crippen LogP contribution in [0.5, 0.6) is 0 Å². The van der Waals surface area contributed by atoms with Gasteiger partial charge in [0.2, 0.25) is 0 Å². The number of halogens is 1. The van der Waals surface area contributed by atoms with Crippen LogP contribution in [0, 0.1) is 5.92 Å². The van der Waals surface area contributed by atoms with Gasteiger partial charge < -0.3 is 10.3 Å². The summed E-state index contributed by atoms with van der Waals surface area (Å²) in [6, 6.07) is 5.81. The highest BCUT2D eigenvalue weighted by atomic mass is 35.5. The highest BCUT2D eigenvalue weighted by Gasteiger charge is 2.35. The Morgan fingerprint density at radius 2 is 2.05 bits per heavy atom. The summed E-state index contributed by atoms with van der Waals surface area (Å²) in [5.74, 6) is 1.78. The molecule has 0 aliphatic heterocycles. The first-order valence-electron chi connectivity index (χ1n) is 6.91. The van der Waals surface area contributed by atoms with E-state index in [4.69, 9.17) is 22.3 Å². The summed E-state index contributed by atoms with van der Waals surface area (Å²) in [5, 5.41) is 0.741. The van der Waals surface area contributed by atoms with Crippen LogP contribution in [0.25, 0.3) is 11.0 Å². The molecule has 0 bridgehead atoms. The van der Waals surface area contributed by atoms with Gasteiger partial charge >= 0.3 is 0 Å². The summed E-state index contributed by atoms with van der Waals surface area (Å²) in [7, 11) is 2.04. The molecule has 0 atom stereocenters. The van der Waals surface area contributed by atoms with E-state index in [2.05, 4.69) is 11.5 Å². The van der Waals surface area contributed by atoms with Gasteiger partial charge in [0.1, 0.15) is 5.82 Å². The summed E-state index contributed by atoms with van der Waals surface area (Å²) in [4.78, 5) is 4.75. The number of imidazole rings is 1. The van der Waals surface area contributed by atoms with Gasteiger partial charge in [-0.05, 0) is 49.8 Å². The first-order valence-corrected chi connectivity index (χ1v) is 7.29. The Morgan fingerprint density at radius 1 is 1.37 bits per heavy atom. The molecule has 3 rings (SSSR count). The third-order valence-electron chi connectivity index (χ3n) is 4.45. The Kier molecular flexibility index (Phi) is 3.06. The zero-order valence-corrected chi connectivity index (χ0v) is 12.2. The van der Waals surface area contributed by atoms with Gasteiger partial charge in [0, 0.05) is 12.1 Å². The SMILES string of the molecule is CC1CCC(N)(c2nc3ccc(Cl)cc3n2C)CC1. The van der Waals surface area contributed by atoms with Gasteiger partial charge in [-0.15, -0.1) is 0 Å². The minimum atomic E-state index is -0.285. The second-order valence-corrected chi connectivity index (χ2v) is 6.40. The van der Waals surface area contributed by atoms with Crippen LogP contribution in [0.2, 0.25) is 5.02 Å². The lowest BCUT2D eigenvalue weighted by molar-refractivity contribution is 0.233. The largest absolute Gasteiger partial charge is 0.330 e. The fraction of sp³-hybridized carbons (Fsp3) is 0.533. The lowest BCUT2D eigenvalue weighted by Crippen LogP contribution is -2.42. The second-order valence-electron chi connectivity index (χ2n) is 5.97. The van der Waals surface area contributed by atoms with Crippen LogP contribution in [0.1, 0.15) is 38.4 Å². The van der Waals surface area contributed by atoms with Crippen LogP contribution in [-0.4, -0.2) is 9.55 Å². The maximum absolute atomic E-state index is 6.63. The van der Waals surface area contributed by atoms with E-state index in [0.29, 0.717) is 0 Å². The molecular weight excluding hydrogens is 258 g/mol. The minimum Gasteiger partial charge on any atom is -0.330 e. The highest BCUT2D eigenvalue weighted by molar-refractivity contribution is 6.31. The predicted molar refractivity (Wildman–Crippen MR) is 79.2 cm³/mol. The van der Waals surface area contributed by atoms with E-state index in [1.165, 1.54) is 12.8 Å². The molecule has 1 heterocycles. The number of aryl methyl sites for hydroxylation is 1. The lowest BCUT2D eigenvalue weighted by atomic mass is 9.77. The van der Waals surface area contributed by atoms with Crippen molar-refractivity contribution < 1.29 is 0 Å². The molecule has 0 saturated heterocycles. The Bertz CT molecular complexity index is 609. The van der Waals surface area contributed by atoms with Gasteiger partial charge in [-0.1, -0.05) is 18.5 Å². The Labute approximate surface area is 118 Å². The Hall–Kier alpha value is -1.06. The van der Waals surface area contributed by atoms with Gasteiger partial charge in [0.05, 0.1) is 16.6 Å². The molecule has 3 nitrogen and oxygen atoms in total. The maximum Gasteiger partial charge on any atom is 0.129 e. The molecule has 2 aromatic rings. The summed E-state index contributed by atoms with van der Waals surface area (Å²) in [6.45, 7) is 2.30. The molecule has 4 heteroatoms. The minimum absolute atomic E-state index is 0.285. The topological polar surface area (TPSA) is 43.8 Å².